The van der Waals surface area contributed by atoms with Crippen LogP contribution in [-0.4, -0.2) is 77.9 Å². The van der Waals surface area contributed by atoms with Crippen molar-refractivity contribution in [1.29, 1.82) is 0 Å². The molecule has 1 saturated heterocycles. The number of phosphoric acid groups is 2. The quantitative estimate of drug-likeness (QED) is 0.243. The number of nitrogens with zero attached hydrogens (tertiary/aromatic N) is 1. The van der Waals surface area contributed by atoms with Crippen molar-refractivity contribution in [3.63, 3.8) is 0 Å². The van der Waals surface area contributed by atoms with Crippen molar-refractivity contribution >= 4 is 31.3 Å². The fraction of sp³-hybridized carbons (Fsp3) is 0.636. The predicted octanol–water partition coefficient (Wildman–Crippen LogP) is -2.32. The smallest absolute Gasteiger partial charge is 0.374 e. The van der Waals surface area contributed by atoms with Gasteiger partial charge in [0.05, 0.1) is 0 Å². The van der Waals surface area contributed by atoms with Crippen molar-refractivity contribution in [1.82, 2.24) is 9.55 Å². The Morgan fingerprint density at radius 1 is 1.21 bits per heavy atom. The largest absolute Gasteiger partial charge is 0.472 e. The highest BCUT2D eigenvalue weighted by molar-refractivity contribution is 7.47. The van der Waals surface area contributed by atoms with E-state index in [9.17, 15) is 23.6 Å². The molecule has 1 aromatic heterocycles. The van der Waals surface area contributed by atoms with Crippen LogP contribution in [0.15, 0.2) is 21.9 Å². The first-order valence-corrected chi connectivity index (χ1v) is 10.6. The van der Waals surface area contributed by atoms with Gasteiger partial charge in [-0.05, 0) is 0 Å². The molecule has 14 nitrogen and oxygen atoms in total. The molecule has 5 atom stereocenters. The van der Waals surface area contributed by atoms with E-state index < -0.39 is 56.8 Å². The van der Waals surface area contributed by atoms with Crippen molar-refractivity contribution in [3.8, 4) is 0 Å². The summed E-state index contributed by atoms with van der Waals surface area (Å²) in [6, 6.07) is 0.969. The molecule has 0 aliphatic carbocycles. The second kappa shape index (κ2) is 8.60. The van der Waals surface area contributed by atoms with E-state index >= 15 is 0 Å². The van der Waals surface area contributed by atoms with E-state index in [2.05, 4.69) is 9.05 Å². The Morgan fingerprint density at radius 3 is 2.31 bits per heavy atom. The van der Waals surface area contributed by atoms with Crippen molar-refractivity contribution in [2.24, 2.45) is 0 Å². The molecule has 1 aliphatic rings. The molecule has 2 rings (SSSR count). The van der Waals surface area contributed by atoms with Crippen LogP contribution in [0.3, 0.4) is 0 Å². The lowest BCUT2D eigenvalue weighted by Crippen LogP contribution is -2.52. The molecule has 5 unspecified atom stereocenters. The van der Waals surface area contributed by atoms with Crippen LogP contribution < -0.4 is 11.2 Å². The molecule has 0 spiro atoms. The van der Waals surface area contributed by atoms with Gasteiger partial charge in [0, 0.05) is 31.9 Å². The number of hydrogen-bond donors (Lipinski definition) is 4. The first-order chi connectivity index (χ1) is 13.2. The zero-order valence-corrected chi connectivity index (χ0v) is 16.8. The Labute approximate surface area is 165 Å². The van der Waals surface area contributed by atoms with Gasteiger partial charge < -0.3 is 24.2 Å². The maximum atomic E-state index is 12.1. The van der Waals surface area contributed by atoms with E-state index in [-0.39, 0.29) is 0 Å². The van der Waals surface area contributed by atoms with Crippen LogP contribution in [0.4, 0.5) is 0 Å². The Bertz CT molecular complexity index is 944. The molecule has 4 N–H and O–H groups in total. The highest BCUT2D eigenvalue weighted by Crippen LogP contribution is 2.51. The molecule has 0 saturated carbocycles. The average molecular weight is 452 g/mol. The van der Waals surface area contributed by atoms with Gasteiger partial charge >= 0.3 is 21.3 Å². The Balaban J connectivity index is 2.54. The molecule has 0 amide bonds. The van der Waals surface area contributed by atoms with Crippen molar-refractivity contribution in [2.75, 3.05) is 14.2 Å². The molecule has 1 aliphatic heterocycles. The van der Waals surface area contributed by atoms with Gasteiger partial charge in [0.25, 0.3) is 5.56 Å². The second-order valence-electron chi connectivity index (χ2n) is 5.82. The van der Waals surface area contributed by atoms with Gasteiger partial charge in [0.2, 0.25) is 0 Å². The Kier molecular flexibility index (Phi) is 7.18. The Hall–Kier alpha value is -1.05. The molecule has 0 aromatic carbocycles. The monoisotopic (exact) mass is 452 g/mol. The van der Waals surface area contributed by atoms with E-state index in [1.807, 2.05) is 4.98 Å². The van der Waals surface area contributed by atoms with E-state index in [4.69, 9.17) is 39.5 Å². The summed E-state index contributed by atoms with van der Waals surface area (Å²) < 4.78 is 48.2. The van der Waals surface area contributed by atoms with Crippen LogP contribution >= 0.6 is 15.6 Å². The number of phosphoric ester groups is 2. The molecule has 2 heterocycles. The number of aromatic nitrogens is 2. The molecular weight excluding hydrogens is 436 g/mol. The third-order valence-electron chi connectivity index (χ3n) is 3.79. The minimum absolute atomic E-state index is 0.723. The fourth-order valence-corrected chi connectivity index (χ4v) is 3.81. The van der Waals surface area contributed by atoms with Crippen LogP contribution in [0.2, 0.25) is 0 Å². The lowest BCUT2D eigenvalue weighted by molar-refractivity contribution is -0.0776. The fourth-order valence-electron chi connectivity index (χ4n) is 2.67. The van der Waals surface area contributed by atoms with Crippen LogP contribution in [-0.2, 0) is 32.2 Å². The molecule has 18 heteroatoms. The predicted molar refractivity (Wildman–Crippen MR) is 95.1 cm³/mol. The third kappa shape index (κ3) is 5.76. The first-order valence-electron chi connectivity index (χ1n) is 7.61. The molecule has 158 valence electrons. The van der Waals surface area contributed by atoms with Gasteiger partial charge in [0.15, 0.2) is 6.23 Å². The lowest BCUT2D eigenvalue weighted by atomic mass is 9.61. The van der Waals surface area contributed by atoms with Crippen LogP contribution in [0.5, 0.6) is 0 Å². The molecule has 0 bridgehead atoms. The summed E-state index contributed by atoms with van der Waals surface area (Å²) in [6.07, 6.45) is -5.43. The van der Waals surface area contributed by atoms with Crippen LogP contribution in [0.1, 0.15) is 6.23 Å². The molecule has 4 radical (unpaired) electrons. The van der Waals surface area contributed by atoms with Gasteiger partial charge in [-0.3, -0.25) is 27.9 Å². The van der Waals surface area contributed by atoms with E-state index in [0.29, 0.717) is 0 Å². The topological polar surface area (TPSA) is 196 Å². The molecule has 1 fully saturated rings. The number of methoxy groups -OCH3 is 1. The zero-order valence-electron chi connectivity index (χ0n) is 15.0. The van der Waals surface area contributed by atoms with E-state index in [1.165, 1.54) is 0 Å². The number of ether oxygens (including phenoxy) is 2. The summed E-state index contributed by atoms with van der Waals surface area (Å²) in [5, 5.41) is -2.78. The average Bonchev–Trinajstić information content (AvgIpc) is 2.91. The van der Waals surface area contributed by atoms with Crippen molar-refractivity contribution in [2.45, 2.75) is 29.9 Å². The summed E-state index contributed by atoms with van der Waals surface area (Å²) in [5.74, 6) is 0. The van der Waals surface area contributed by atoms with Crippen LogP contribution in [0.25, 0.3) is 0 Å². The van der Waals surface area contributed by atoms with Gasteiger partial charge in [0.1, 0.15) is 34.0 Å². The third-order valence-corrected chi connectivity index (χ3v) is 5.32. The second-order valence-corrected chi connectivity index (χ2v) is 8.50. The zero-order chi connectivity index (χ0) is 22.2. The summed E-state index contributed by atoms with van der Waals surface area (Å²) in [5.41, 5.74) is -1.68. The van der Waals surface area contributed by atoms with E-state index in [1.54, 1.807) is 0 Å². The minimum Gasteiger partial charge on any atom is -0.374 e. The summed E-state index contributed by atoms with van der Waals surface area (Å²) in [4.78, 5) is 53.1. The number of aromatic amines is 1. The maximum Gasteiger partial charge on any atom is 0.472 e. The number of rotatable bonds is 8. The first kappa shape index (κ1) is 24.2. The normalized spacial score (nSPS) is 27.6. The number of nitrogens with one attached hydrogen (secondary N) is 1. The minimum atomic E-state index is -5.27. The summed E-state index contributed by atoms with van der Waals surface area (Å²) >= 11 is 0. The molecular formula is C11H16B2N2O12P2. The Morgan fingerprint density at radius 2 is 1.83 bits per heavy atom. The highest BCUT2D eigenvalue weighted by Gasteiger charge is 2.56. The SMILES string of the molecule is [B]C([B])(OP(=O)(O)O)C1OC(n2ccc(=O)[nH]c2=O)C(OC)C1OP(=O)(O)OC. The molecule has 1 aromatic rings. The van der Waals surface area contributed by atoms with Crippen LogP contribution in [0, 0.1) is 0 Å². The highest BCUT2D eigenvalue weighted by atomic mass is 31.2. The van der Waals surface area contributed by atoms with Crippen molar-refractivity contribution < 1.29 is 46.9 Å². The van der Waals surface area contributed by atoms with Crippen molar-refractivity contribution in [3.05, 3.63) is 33.1 Å². The number of H-pyrrole nitrogens is 1. The number of hydrogen-bond acceptors (Lipinski definition) is 9. The summed E-state index contributed by atoms with van der Waals surface area (Å²) in [7, 11) is 3.21. The van der Waals surface area contributed by atoms with Gasteiger partial charge in [-0.15, -0.1) is 0 Å². The van der Waals surface area contributed by atoms with Gasteiger partial charge in [-0.2, -0.15) is 0 Å². The summed E-state index contributed by atoms with van der Waals surface area (Å²) in [6.45, 7) is 0. The standard InChI is InChI=1S/C11H16B2N2O12P2/c1-23-7-6(26-29(21,22)24-2)8(11(12,13)27-28(18,19)20)25-9(7)15-4-3-5(16)14-10(15)17/h3-4,6-9H,1-2H3,(H,21,22)(H,14,16,17)(H2,18,19,20). The van der Waals surface area contributed by atoms with Gasteiger partial charge in [-0.25, -0.2) is 13.9 Å². The van der Waals surface area contributed by atoms with E-state index in [0.717, 1.165) is 31.0 Å². The maximum absolute atomic E-state index is 12.1. The lowest BCUT2D eigenvalue weighted by Gasteiger charge is -2.35. The molecule has 29 heavy (non-hydrogen) atoms. The van der Waals surface area contributed by atoms with Gasteiger partial charge in [-0.1, -0.05) is 0 Å².